The number of benzene rings is 9. The second-order valence-electron chi connectivity index (χ2n) is 14.1. The van der Waals surface area contributed by atoms with Crippen LogP contribution in [0.5, 0.6) is 0 Å². The summed E-state index contributed by atoms with van der Waals surface area (Å²) >= 11 is 0. The molecule has 11 aromatic rings. The Labute approximate surface area is 317 Å². The summed E-state index contributed by atoms with van der Waals surface area (Å²) in [6.45, 7) is 0. The van der Waals surface area contributed by atoms with E-state index in [4.69, 9.17) is 8.83 Å². The van der Waals surface area contributed by atoms with Crippen molar-refractivity contribution in [3.8, 4) is 33.4 Å². The van der Waals surface area contributed by atoms with Crippen molar-refractivity contribution in [1.82, 2.24) is 0 Å². The second kappa shape index (κ2) is 12.6. The van der Waals surface area contributed by atoms with Gasteiger partial charge in [-0.2, -0.15) is 0 Å². The van der Waals surface area contributed by atoms with Crippen LogP contribution in [0.25, 0.3) is 88.0 Å². The van der Waals surface area contributed by atoms with E-state index in [0.717, 1.165) is 72.1 Å². The van der Waals surface area contributed by atoms with Crippen LogP contribution in [0.4, 0.5) is 17.1 Å². The molecular formula is C52H33NO2. The lowest BCUT2D eigenvalue weighted by Crippen LogP contribution is -2.09. The van der Waals surface area contributed by atoms with Crippen molar-refractivity contribution >= 4 is 71.7 Å². The number of nitrogens with zero attached hydrogens (tertiary/aromatic N) is 1. The smallest absolute Gasteiger partial charge is 0.137 e. The van der Waals surface area contributed by atoms with Crippen LogP contribution >= 0.6 is 0 Å². The molecule has 0 radical (unpaired) electrons. The van der Waals surface area contributed by atoms with Gasteiger partial charge in [0.15, 0.2) is 0 Å². The normalized spacial score (nSPS) is 11.6. The van der Waals surface area contributed by atoms with E-state index in [0.29, 0.717) is 0 Å². The molecule has 0 saturated carbocycles. The molecule has 0 saturated heterocycles. The summed E-state index contributed by atoms with van der Waals surface area (Å²) in [5.41, 5.74) is 13.7. The van der Waals surface area contributed by atoms with Crippen LogP contribution in [0.1, 0.15) is 0 Å². The van der Waals surface area contributed by atoms with E-state index in [1.807, 2.05) is 18.2 Å². The Bertz CT molecular complexity index is 3180. The van der Waals surface area contributed by atoms with Crippen molar-refractivity contribution in [3.05, 3.63) is 200 Å². The first kappa shape index (κ1) is 31.2. The quantitative estimate of drug-likeness (QED) is 0.173. The van der Waals surface area contributed by atoms with E-state index < -0.39 is 0 Å². The van der Waals surface area contributed by atoms with Crippen molar-refractivity contribution in [1.29, 1.82) is 0 Å². The van der Waals surface area contributed by atoms with Gasteiger partial charge in [0, 0.05) is 44.7 Å². The standard InChI is InChI=1S/C52H33NO2/c1-3-11-34(12-4-1)35-19-24-39(25-20-35)53(41-28-30-44-43-15-7-9-17-48(43)54-50(44)32-41)40-26-21-36(22-27-40)38-23-29-42-46(37-13-5-2-6-14-37)33-51-52(47(42)31-38)45-16-8-10-18-49(45)55-51/h1-33H. The lowest BCUT2D eigenvalue weighted by Gasteiger charge is -2.26. The Morgan fingerprint density at radius 2 is 0.764 bits per heavy atom. The zero-order chi connectivity index (χ0) is 36.3. The lowest BCUT2D eigenvalue weighted by atomic mass is 9.92. The highest BCUT2D eigenvalue weighted by molar-refractivity contribution is 6.22. The van der Waals surface area contributed by atoms with Crippen molar-refractivity contribution in [3.63, 3.8) is 0 Å². The molecule has 55 heavy (non-hydrogen) atoms. The van der Waals surface area contributed by atoms with Crippen molar-refractivity contribution in [2.45, 2.75) is 0 Å². The third-order valence-corrected chi connectivity index (χ3v) is 10.9. The van der Waals surface area contributed by atoms with Gasteiger partial charge in [-0.15, -0.1) is 0 Å². The SMILES string of the molecule is c1ccc(-c2ccc(N(c3ccc(-c4ccc5c(-c6ccccc6)cc6oc7ccccc7c6c5c4)cc3)c3ccc4c(c3)oc3ccccc34)cc2)cc1. The maximum Gasteiger partial charge on any atom is 0.137 e. The summed E-state index contributed by atoms with van der Waals surface area (Å²) < 4.78 is 12.8. The number of anilines is 3. The summed E-state index contributed by atoms with van der Waals surface area (Å²) in [4.78, 5) is 2.30. The monoisotopic (exact) mass is 703 g/mol. The van der Waals surface area contributed by atoms with Gasteiger partial charge in [-0.3, -0.25) is 0 Å². The molecule has 0 fully saturated rings. The van der Waals surface area contributed by atoms with E-state index in [2.05, 4.69) is 187 Å². The minimum absolute atomic E-state index is 0.866. The zero-order valence-electron chi connectivity index (χ0n) is 29.8. The first-order chi connectivity index (χ1) is 27.2. The summed E-state index contributed by atoms with van der Waals surface area (Å²) in [6.07, 6.45) is 0. The lowest BCUT2D eigenvalue weighted by molar-refractivity contribution is 0.668. The van der Waals surface area contributed by atoms with Gasteiger partial charge in [-0.05, 0) is 105 Å². The van der Waals surface area contributed by atoms with Crippen molar-refractivity contribution in [2.75, 3.05) is 4.90 Å². The van der Waals surface area contributed by atoms with Gasteiger partial charge in [-0.1, -0.05) is 133 Å². The molecule has 2 aromatic heterocycles. The van der Waals surface area contributed by atoms with Gasteiger partial charge >= 0.3 is 0 Å². The summed E-state index contributed by atoms with van der Waals surface area (Å²) in [7, 11) is 0. The molecule has 0 aliphatic carbocycles. The molecule has 0 unspecified atom stereocenters. The largest absolute Gasteiger partial charge is 0.456 e. The number of hydrogen-bond donors (Lipinski definition) is 0. The molecular weight excluding hydrogens is 671 g/mol. The van der Waals surface area contributed by atoms with Crippen LogP contribution in [0.2, 0.25) is 0 Å². The van der Waals surface area contributed by atoms with Crippen molar-refractivity contribution < 1.29 is 8.83 Å². The molecule has 0 aliphatic heterocycles. The third kappa shape index (κ3) is 5.28. The van der Waals surface area contributed by atoms with Gasteiger partial charge in [0.1, 0.15) is 22.3 Å². The van der Waals surface area contributed by atoms with E-state index in [1.165, 1.54) is 33.0 Å². The molecule has 258 valence electrons. The van der Waals surface area contributed by atoms with Crippen LogP contribution in [-0.2, 0) is 0 Å². The Kier molecular flexibility index (Phi) is 7.17. The number of fused-ring (bicyclic) bond motifs is 8. The predicted molar refractivity (Wildman–Crippen MR) is 229 cm³/mol. The predicted octanol–water partition coefficient (Wildman–Crippen LogP) is 15.1. The molecule has 0 bridgehead atoms. The minimum Gasteiger partial charge on any atom is -0.456 e. The topological polar surface area (TPSA) is 29.5 Å². The summed E-state index contributed by atoms with van der Waals surface area (Å²) in [5, 5.41) is 6.90. The molecule has 3 heteroatoms. The van der Waals surface area contributed by atoms with Gasteiger partial charge in [0.2, 0.25) is 0 Å². The molecule has 0 N–H and O–H groups in total. The van der Waals surface area contributed by atoms with E-state index >= 15 is 0 Å². The maximum atomic E-state index is 6.46. The van der Waals surface area contributed by atoms with Crippen LogP contribution in [-0.4, -0.2) is 0 Å². The number of hydrogen-bond acceptors (Lipinski definition) is 3. The zero-order valence-corrected chi connectivity index (χ0v) is 29.8. The Morgan fingerprint density at radius 3 is 1.47 bits per heavy atom. The van der Waals surface area contributed by atoms with Crippen LogP contribution < -0.4 is 4.90 Å². The summed E-state index contributed by atoms with van der Waals surface area (Å²) in [6, 6.07) is 70.9. The Hall–Kier alpha value is -7.36. The average molecular weight is 704 g/mol. The molecule has 0 spiro atoms. The Morgan fingerprint density at radius 1 is 0.273 bits per heavy atom. The molecule has 2 heterocycles. The molecule has 0 amide bonds. The number of para-hydroxylation sites is 2. The van der Waals surface area contributed by atoms with Gasteiger partial charge < -0.3 is 13.7 Å². The highest BCUT2D eigenvalue weighted by Gasteiger charge is 2.18. The van der Waals surface area contributed by atoms with Gasteiger partial charge in [-0.25, -0.2) is 0 Å². The molecule has 9 aromatic carbocycles. The van der Waals surface area contributed by atoms with Crippen LogP contribution in [0.3, 0.4) is 0 Å². The van der Waals surface area contributed by atoms with Crippen molar-refractivity contribution in [2.24, 2.45) is 0 Å². The second-order valence-corrected chi connectivity index (χ2v) is 14.1. The average Bonchev–Trinajstić information content (AvgIpc) is 3.83. The van der Waals surface area contributed by atoms with Gasteiger partial charge in [0.05, 0.1) is 0 Å². The fourth-order valence-electron chi connectivity index (χ4n) is 8.21. The highest BCUT2D eigenvalue weighted by atomic mass is 16.3. The maximum absolute atomic E-state index is 6.46. The molecule has 11 rings (SSSR count). The highest BCUT2D eigenvalue weighted by Crippen LogP contribution is 2.43. The van der Waals surface area contributed by atoms with Gasteiger partial charge in [0.25, 0.3) is 0 Å². The molecule has 0 atom stereocenters. The van der Waals surface area contributed by atoms with Crippen LogP contribution in [0, 0.1) is 0 Å². The fourth-order valence-corrected chi connectivity index (χ4v) is 8.21. The number of rotatable bonds is 6. The van der Waals surface area contributed by atoms with E-state index in [1.54, 1.807) is 0 Å². The third-order valence-electron chi connectivity index (χ3n) is 10.9. The van der Waals surface area contributed by atoms with E-state index in [9.17, 15) is 0 Å². The molecule has 3 nitrogen and oxygen atoms in total. The minimum atomic E-state index is 0.866. The first-order valence-electron chi connectivity index (χ1n) is 18.7. The van der Waals surface area contributed by atoms with Crippen LogP contribution in [0.15, 0.2) is 209 Å². The number of furan rings is 2. The van der Waals surface area contributed by atoms with E-state index in [-0.39, 0.29) is 0 Å². The summed E-state index contributed by atoms with van der Waals surface area (Å²) in [5.74, 6) is 0. The Balaban J connectivity index is 1.04. The fraction of sp³-hybridized carbons (Fsp3) is 0. The molecule has 0 aliphatic rings. The first-order valence-corrected chi connectivity index (χ1v) is 18.7.